The molecule has 3 heterocycles. The standard InChI is InChI=1S/C28H38FN3O7/c1-17-6-4-10-30-24(35)9-8-18(2)26(19(3)15-33)39-28(37)23-7-5-11-32(23)27(36)22-16-38-25(31-22)14-20(29)13-21(34)12-17/h4,6,8-9,12,16,18-21,23,26,33-34H,5,7,10-11,13-15H2,1-3H3,(H,30,35)/b6-4?,9-8+,17-12?. The molecule has 11 heteroatoms. The number of oxazole rings is 1. The van der Waals surface area contributed by atoms with E-state index in [1.807, 2.05) is 0 Å². The van der Waals surface area contributed by atoms with E-state index in [9.17, 15) is 29.0 Å². The van der Waals surface area contributed by atoms with Gasteiger partial charge in [0.2, 0.25) is 5.91 Å². The van der Waals surface area contributed by atoms with Gasteiger partial charge in [0, 0.05) is 38.0 Å². The molecule has 6 unspecified atom stereocenters. The van der Waals surface area contributed by atoms with E-state index in [0.29, 0.717) is 25.0 Å². The number of allylic oxidation sites excluding steroid dienone is 2. The summed E-state index contributed by atoms with van der Waals surface area (Å²) in [5.74, 6) is -2.29. The van der Waals surface area contributed by atoms with Crippen molar-refractivity contribution in [3.05, 3.63) is 53.8 Å². The number of carbonyl (C=O) groups excluding carboxylic acids is 3. The number of cyclic esters (lactones) is 1. The van der Waals surface area contributed by atoms with E-state index in [2.05, 4.69) is 10.3 Å². The van der Waals surface area contributed by atoms with Crippen molar-refractivity contribution in [2.75, 3.05) is 19.7 Å². The summed E-state index contributed by atoms with van der Waals surface area (Å²) in [5.41, 5.74) is 0.651. The fraction of sp³-hybridized carbons (Fsp3) is 0.571. The van der Waals surface area contributed by atoms with Crippen LogP contribution in [0.25, 0.3) is 0 Å². The van der Waals surface area contributed by atoms with Crippen molar-refractivity contribution in [1.29, 1.82) is 0 Å². The maximum absolute atomic E-state index is 14.6. The van der Waals surface area contributed by atoms with Crippen LogP contribution in [-0.2, 0) is 20.7 Å². The van der Waals surface area contributed by atoms with Gasteiger partial charge in [-0.05, 0) is 25.8 Å². The maximum Gasteiger partial charge on any atom is 0.329 e. The molecule has 2 aliphatic heterocycles. The second-order valence-electron chi connectivity index (χ2n) is 10.2. The van der Waals surface area contributed by atoms with E-state index in [-0.39, 0.29) is 43.5 Å². The normalized spacial score (nSPS) is 29.7. The molecule has 2 aliphatic rings. The molecule has 1 saturated heterocycles. The van der Waals surface area contributed by atoms with Crippen molar-refractivity contribution in [3.8, 4) is 0 Å². The minimum Gasteiger partial charge on any atom is -0.460 e. The topological polar surface area (TPSA) is 142 Å². The highest BCUT2D eigenvalue weighted by Gasteiger charge is 2.39. The summed E-state index contributed by atoms with van der Waals surface area (Å²) in [5, 5.41) is 22.7. The van der Waals surface area contributed by atoms with E-state index < -0.39 is 48.1 Å². The number of aliphatic hydroxyl groups is 2. The molecule has 0 saturated carbocycles. The molecule has 0 radical (unpaired) electrons. The highest BCUT2D eigenvalue weighted by atomic mass is 19.1. The number of nitrogens with one attached hydrogen (secondary N) is 1. The highest BCUT2D eigenvalue weighted by Crippen LogP contribution is 2.25. The molecule has 3 N–H and O–H groups in total. The van der Waals surface area contributed by atoms with Crippen LogP contribution >= 0.6 is 0 Å². The van der Waals surface area contributed by atoms with Gasteiger partial charge in [0.1, 0.15) is 24.6 Å². The number of aromatic nitrogens is 1. The predicted molar refractivity (Wildman–Crippen MR) is 140 cm³/mol. The fourth-order valence-corrected chi connectivity index (χ4v) is 4.74. The van der Waals surface area contributed by atoms with Gasteiger partial charge in [-0.25, -0.2) is 14.2 Å². The van der Waals surface area contributed by atoms with Gasteiger partial charge in [0.25, 0.3) is 5.91 Å². The van der Waals surface area contributed by atoms with Crippen molar-refractivity contribution < 1.29 is 38.1 Å². The lowest BCUT2D eigenvalue weighted by molar-refractivity contribution is -0.159. The zero-order chi connectivity index (χ0) is 28.5. The summed E-state index contributed by atoms with van der Waals surface area (Å²) >= 11 is 0. The second kappa shape index (κ2) is 14.2. The number of alkyl halides is 1. The third kappa shape index (κ3) is 8.59. The Balaban J connectivity index is 1.86. The number of ether oxygens (including phenoxy) is 1. The SMILES string of the molecule is CC1=CC(O)CC(F)Cc2nc(co2)C(=O)N2CCCC2C(=O)OC(C(C)CO)C(C)/C=C/C(=O)NCC=C1. The number of hydrogen-bond acceptors (Lipinski definition) is 8. The number of esters is 1. The van der Waals surface area contributed by atoms with E-state index >= 15 is 0 Å². The molecule has 0 aliphatic carbocycles. The number of hydrogen-bond donors (Lipinski definition) is 3. The van der Waals surface area contributed by atoms with Crippen LogP contribution < -0.4 is 5.32 Å². The van der Waals surface area contributed by atoms with Crippen LogP contribution in [0.3, 0.4) is 0 Å². The van der Waals surface area contributed by atoms with Crippen molar-refractivity contribution in [2.45, 2.75) is 70.9 Å². The molecule has 2 bridgehead atoms. The first-order valence-corrected chi connectivity index (χ1v) is 13.3. The summed E-state index contributed by atoms with van der Waals surface area (Å²) in [7, 11) is 0. The summed E-state index contributed by atoms with van der Waals surface area (Å²) in [6, 6.07) is -0.849. The Morgan fingerprint density at radius 3 is 2.79 bits per heavy atom. The molecular formula is C28H38FN3O7. The summed E-state index contributed by atoms with van der Waals surface area (Å²) in [4.78, 5) is 44.1. The van der Waals surface area contributed by atoms with E-state index in [0.717, 1.165) is 6.26 Å². The Hall–Kier alpha value is -3.31. The summed E-state index contributed by atoms with van der Waals surface area (Å²) in [6.07, 6.45) is 6.33. The van der Waals surface area contributed by atoms with Crippen LogP contribution in [0.5, 0.6) is 0 Å². The number of amides is 2. The van der Waals surface area contributed by atoms with Crippen molar-refractivity contribution in [3.63, 3.8) is 0 Å². The predicted octanol–water partition coefficient (Wildman–Crippen LogP) is 2.28. The maximum atomic E-state index is 14.6. The number of aliphatic hydroxyl groups excluding tert-OH is 2. The average molecular weight is 548 g/mol. The first-order valence-electron chi connectivity index (χ1n) is 13.3. The first-order chi connectivity index (χ1) is 18.6. The van der Waals surface area contributed by atoms with E-state index in [1.165, 1.54) is 17.1 Å². The van der Waals surface area contributed by atoms with Crippen molar-refractivity contribution in [1.82, 2.24) is 15.2 Å². The molecule has 214 valence electrons. The molecule has 1 fully saturated rings. The number of fused-ring (bicyclic) bond motifs is 3. The molecular weight excluding hydrogens is 509 g/mol. The number of rotatable bonds is 2. The van der Waals surface area contributed by atoms with Crippen LogP contribution in [0, 0.1) is 11.8 Å². The average Bonchev–Trinajstić information content (AvgIpc) is 3.57. The van der Waals surface area contributed by atoms with Gasteiger partial charge in [-0.2, -0.15) is 0 Å². The largest absolute Gasteiger partial charge is 0.460 e. The van der Waals surface area contributed by atoms with Gasteiger partial charge in [-0.1, -0.05) is 43.7 Å². The highest BCUT2D eigenvalue weighted by molar-refractivity contribution is 5.95. The lowest BCUT2D eigenvalue weighted by Crippen LogP contribution is -2.44. The second-order valence-corrected chi connectivity index (χ2v) is 10.2. The molecule has 1 aromatic heterocycles. The number of carbonyl (C=O) groups is 3. The molecule has 10 nitrogen and oxygen atoms in total. The van der Waals surface area contributed by atoms with Crippen LogP contribution in [0.1, 0.15) is 56.4 Å². The van der Waals surface area contributed by atoms with Gasteiger partial charge < -0.3 is 29.6 Å². The molecule has 3 rings (SSSR count). The van der Waals surface area contributed by atoms with Gasteiger partial charge in [0.15, 0.2) is 11.6 Å². The van der Waals surface area contributed by atoms with Crippen LogP contribution in [0.2, 0.25) is 0 Å². The van der Waals surface area contributed by atoms with Crippen molar-refractivity contribution >= 4 is 17.8 Å². The fourth-order valence-electron chi connectivity index (χ4n) is 4.74. The molecule has 2 amide bonds. The molecule has 0 spiro atoms. The Kier molecular flexibility index (Phi) is 11.0. The quantitative estimate of drug-likeness (QED) is 0.479. The monoisotopic (exact) mass is 547 g/mol. The molecule has 39 heavy (non-hydrogen) atoms. The first kappa shape index (κ1) is 30.2. The number of nitrogens with zero attached hydrogens (tertiary/aromatic N) is 2. The van der Waals surface area contributed by atoms with E-state index in [1.54, 1.807) is 39.0 Å². The van der Waals surface area contributed by atoms with Gasteiger partial charge in [-0.15, -0.1) is 0 Å². The summed E-state index contributed by atoms with van der Waals surface area (Å²) < 4.78 is 25.7. The third-order valence-electron chi connectivity index (χ3n) is 6.85. The van der Waals surface area contributed by atoms with Gasteiger partial charge in [0.05, 0.1) is 12.5 Å². The summed E-state index contributed by atoms with van der Waals surface area (Å²) in [6.45, 7) is 5.57. The molecule has 1 aromatic rings. The Morgan fingerprint density at radius 1 is 1.28 bits per heavy atom. The molecule has 6 atom stereocenters. The van der Waals surface area contributed by atoms with Crippen molar-refractivity contribution in [2.24, 2.45) is 11.8 Å². The lowest BCUT2D eigenvalue weighted by Gasteiger charge is -2.30. The molecule has 0 aromatic carbocycles. The third-order valence-corrected chi connectivity index (χ3v) is 6.85. The van der Waals surface area contributed by atoms with Crippen LogP contribution in [0.15, 0.2) is 46.6 Å². The van der Waals surface area contributed by atoms with Gasteiger partial charge >= 0.3 is 5.97 Å². The van der Waals surface area contributed by atoms with Crippen LogP contribution in [0.4, 0.5) is 4.39 Å². The Morgan fingerprint density at radius 2 is 2.05 bits per heavy atom. The van der Waals surface area contributed by atoms with Crippen LogP contribution in [-0.4, -0.2) is 82.0 Å². The zero-order valence-electron chi connectivity index (χ0n) is 22.6. The minimum atomic E-state index is -1.47. The minimum absolute atomic E-state index is 0.0172. The number of halogens is 1. The van der Waals surface area contributed by atoms with Gasteiger partial charge in [-0.3, -0.25) is 9.59 Å². The Bertz CT molecular complexity index is 1100. The Labute approximate surface area is 227 Å². The zero-order valence-corrected chi connectivity index (χ0v) is 22.6. The van der Waals surface area contributed by atoms with E-state index in [4.69, 9.17) is 9.15 Å². The lowest BCUT2D eigenvalue weighted by atomic mass is 9.93. The smallest absolute Gasteiger partial charge is 0.329 e.